The number of carboxylic acids is 1. The van der Waals surface area contributed by atoms with Crippen LogP contribution >= 0.6 is 0 Å². The molecule has 5 heteroatoms. The summed E-state index contributed by atoms with van der Waals surface area (Å²) in [6.07, 6.45) is 5.44. The third-order valence-electron chi connectivity index (χ3n) is 4.30. The monoisotopic (exact) mass is 268 g/mol. The Morgan fingerprint density at radius 2 is 1.84 bits per heavy atom. The van der Waals surface area contributed by atoms with Crippen LogP contribution in [0.25, 0.3) is 0 Å². The van der Waals surface area contributed by atoms with Crippen LogP contribution in [-0.2, 0) is 9.59 Å². The predicted molar refractivity (Wildman–Crippen MR) is 71.8 cm³/mol. The Morgan fingerprint density at radius 3 is 2.47 bits per heavy atom. The maximum absolute atomic E-state index is 11.9. The van der Waals surface area contributed by atoms with Gasteiger partial charge < -0.3 is 15.3 Å². The first-order valence-corrected chi connectivity index (χ1v) is 7.39. The maximum Gasteiger partial charge on any atom is 0.306 e. The predicted octanol–water partition coefficient (Wildman–Crippen LogP) is 1.09. The molecule has 2 N–H and O–H groups in total. The van der Waals surface area contributed by atoms with Crippen molar-refractivity contribution < 1.29 is 14.7 Å². The SMILES string of the molecule is O=C(O)C1CCC(C(=O)NCCCN2CCCC2)C1. The van der Waals surface area contributed by atoms with Crippen LogP contribution in [0.3, 0.4) is 0 Å². The largest absolute Gasteiger partial charge is 0.481 e. The van der Waals surface area contributed by atoms with E-state index >= 15 is 0 Å². The molecule has 0 radical (unpaired) electrons. The summed E-state index contributed by atoms with van der Waals surface area (Å²) < 4.78 is 0. The van der Waals surface area contributed by atoms with Gasteiger partial charge in [0.1, 0.15) is 0 Å². The van der Waals surface area contributed by atoms with Gasteiger partial charge in [-0.2, -0.15) is 0 Å². The van der Waals surface area contributed by atoms with Crippen LogP contribution in [0.2, 0.25) is 0 Å². The Morgan fingerprint density at radius 1 is 1.16 bits per heavy atom. The number of likely N-dealkylation sites (tertiary alicyclic amines) is 1. The highest BCUT2D eigenvalue weighted by atomic mass is 16.4. The second kappa shape index (κ2) is 6.89. The van der Waals surface area contributed by atoms with Gasteiger partial charge in [-0.1, -0.05) is 0 Å². The number of amides is 1. The Bertz CT molecular complexity index is 327. The number of nitrogens with one attached hydrogen (secondary N) is 1. The summed E-state index contributed by atoms with van der Waals surface area (Å²) in [6, 6.07) is 0. The zero-order valence-corrected chi connectivity index (χ0v) is 11.4. The summed E-state index contributed by atoms with van der Waals surface area (Å²) >= 11 is 0. The summed E-state index contributed by atoms with van der Waals surface area (Å²) in [5.74, 6) is -1.12. The molecule has 0 spiro atoms. The molecule has 1 saturated heterocycles. The third kappa shape index (κ3) is 4.20. The summed E-state index contributed by atoms with van der Waals surface area (Å²) in [5.41, 5.74) is 0. The van der Waals surface area contributed by atoms with Crippen LogP contribution in [0.1, 0.15) is 38.5 Å². The fraction of sp³-hybridized carbons (Fsp3) is 0.857. The quantitative estimate of drug-likeness (QED) is 0.708. The number of nitrogens with zero attached hydrogens (tertiary/aromatic N) is 1. The molecule has 0 bridgehead atoms. The van der Waals surface area contributed by atoms with E-state index in [1.165, 1.54) is 25.9 Å². The molecule has 1 amide bonds. The molecular formula is C14H24N2O3. The lowest BCUT2D eigenvalue weighted by Crippen LogP contribution is -2.32. The molecule has 2 unspecified atom stereocenters. The van der Waals surface area contributed by atoms with Crippen molar-refractivity contribution in [3.8, 4) is 0 Å². The molecular weight excluding hydrogens is 244 g/mol. The second-order valence-electron chi connectivity index (χ2n) is 5.74. The van der Waals surface area contributed by atoms with Gasteiger partial charge in [-0.3, -0.25) is 9.59 Å². The van der Waals surface area contributed by atoms with Crippen molar-refractivity contribution in [1.82, 2.24) is 10.2 Å². The van der Waals surface area contributed by atoms with Crippen molar-refractivity contribution in [3.05, 3.63) is 0 Å². The Labute approximate surface area is 114 Å². The molecule has 2 rings (SSSR count). The van der Waals surface area contributed by atoms with Crippen molar-refractivity contribution >= 4 is 11.9 Å². The van der Waals surface area contributed by atoms with E-state index in [1.54, 1.807) is 0 Å². The summed E-state index contributed by atoms with van der Waals surface area (Å²) in [6.45, 7) is 4.15. The molecule has 2 atom stereocenters. The number of carbonyl (C=O) groups excluding carboxylic acids is 1. The molecule has 19 heavy (non-hydrogen) atoms. The Hall–Kier alpha value is -1.10. The minimum atomic E-state index is -0.760. The molecule has 1 aliphatic carbocycles. The van der Waals surface area contributed by atoms with Gasteiger partial charge >= 0.3 is 5.97 Å². The van der Waals surface area contributed by atoms with Crippen LogP contribution < -0.4 is 5.32 Å². The molecule has 2 aliphatic rings. The first kappa shape index (κ1) is 14.3. The van der Waals surface area contributed by atoms with Crippen LogP contribution in [-0.4, -0.2) is 48.1 Å². The zero-order valence-electron chi connectivity index (χ0n) is 11.4. The number of hydrogen-bond acceptors (Lipinski definition) is 3. The minimum absolute atomic E-state index is 0.0465. The third-order valence-corrected chi connectivity index (χ3v) is 4.30. The number of carbonyl (C=O) groups is 2. The normalized spacial score (nSPS) is 27.6. The number of rotatable bonds is 6. The van der Waals surface area contributed by atoms with E-state index in [0.29, 0.717) is 19.4 Å². The van der Waals surface area contributed by atoms with Gasteiger partial charge in [0, 0.05) is 12.5 Å². The van der Waals surface area contributed by atoms with Crippen molar-refractivity contribution in [2.24, 2.45) is 11.8 Å². The first-order chi connectivity index (χ1) is 9.16. The van der Waals surface area contributed by atoms with Gasteiger partial charge in [-0.05, 0) is 58.2 Å². The zero-order chi connectivity index (χ0) is 13.7. The first-order valence-electron chi connectivity index (χ1n) is 7.39. The highest BCUT2D eigenvalue weighted by Crippen LogP contribution is 2.31. The number of aliphatic carboxylic acids is 1. The Balaban J connectivity index is 1.58. The average Bonchev–Trinajstić information content (AvgIpc) is 3.05. The molecule has 1 aliphatic heterocycles. The topological polar surface area (TPSA) is 69.6 Å². The van der Waals surface area contributed by atoms with Crippen molar-refractivity contribution in [3.63, 3.8) is 0 Å². The van der Waals surface area contributed by atoms with Gasteiger partial charge in [0.05, 0.1) is 5.92 Å². The van der Waals surface area contributed by atoms with Gasteiger partial charge in [0.25, 0.3) is 0 Å². The van der Waals surface area contributed by atoms with Crippen LogP contribution in [0.15, 0.2) is 0 Å². The maximum atomic E-state index is 11.9. The highest BCUT2D eigenvalue weighted by molar-refractivity contribution is 5.80. The van der Waals surface area contributed by atoms with Crippen molar-refractivity contribution in [2.45, 2.75) is 38.5 Å². The molecule has 1 saturated carbocycles. The van der Waals surface area contributed by atoms with Crippen LogP contribution in [0, 0.1) is 11.8 Å². The fourth-order valence-corrected chi connectivity index (χ4v) is 3.11. The smallest absolute Gasteiger partial charge is 0.306 e. The molecule has 0 aromatic rings. The lowest BCUT2D eigenvalue weighted by atomic mass is 10.0. The van der Waals surface area contributed by atoms with E-state index in [4.69, 9.17) is 5.11 Å². The lowest BCUT2D eigenvalue weighted by molar-refractivity contribution is -0.141. The van der Waals surface area contributed by atoms with E-state index in [1.807, 2.05) is 0 Å². The fourth-order valence-electron chi connectivity index (χ4n) is 3.11. The van der Waals surface area contributed by atoms with E-state index < -0.39 is 5.97 Å². The molecule has 0 aromatic carbocycles. The molecule has 108 valence electrons. The summed E-state index contributed by atoms with van der Waals surface area (Å²) in [4.78, 5) is 25.2. The molecule has 1 heterocycles. The summed E-state index contributed by atoms with van der Waals surface area (Å²) in [5, 5.41) is 11.9. The van der Waals surface area contributed by atoms with Crippen molar-refractivity contribution in [1.29, 1.82) is 0 Å². The van der Waals surface area contributed by atoms with Crippen LogP contribution in [0.5, 0.6) is 0 Å². The standard InChI is InChI=1S/C14H24N2O3/c17-13(11-4-5-12(10-11)14(18)19)15-6-3-9-16-7-1-2-8-16/h11-12H,1-10H2,(H,15,17)(H,18,19). The average molecular weight is 268 g/mol. The number of carboxylic acid groups (broad SMARTS) is 1. The lowest BCUT2D eigenvalue weighted by Gasteiger charge is -2.15. The van der Waals surface area contributed by atoms with E-state index in [2.05, 4.69) is 10.2 Å². The number of hydrogen-bond donors (Lipinski definition) is 2. The van der Waals surface area contributed by atoms with Crippen LogP contribution in [0.4, 0.5) is 0 Å². The van der Waals surface area contributed by atoms with Gasteiger partial charge in [-0.15, -0.1) is 0 Å². The van der Waals surface area contributed by atoms with Gasteiger partial charge in [0.15, 0.2) is 0 Å². The molecule has 5 nitrogen and oxygen atoms in total. The van der Waals surface area contributed by atoms with Crippen molar-refractivity contribution in [2.75, 3.05) is 26.2 Å². The Kier molecular flexibility index (Phi) is 5.19. The molecule has 0 aromatic heterocycles. The van der Waals surface area contributed by atoms with E-state index in [0.717, 1.165) is 19.4 Å². The van der Waals surface area contributed by atoms with Gasteiger partial charge in [-0.25, -0.2) is 0 Å². The summed E-state index contributed by atoms with van der Waals surface area (Å²) in [7, 11) is 0. The highest BCUT2D eigenvalue weighted by Gasteiger charge is 2.33. The second-order valence-corrected chi connectivity index (χ2v) is 5.74. The van der Waals surface area contributed by atoms with E-state index in [9.17, 15) is 9.59 Å². The minimum Gasteiger partial charge on any atom is -0.481 e. The van der Waals surface area contributed by atoms with E-state index in [-0.39, 0.29) is 17.7 Å². The van der Waals surface area contributed by atoms with Gasteiger partial charge in [0.2, 0.25) is 5.91 Å². The molecule has 2 fully saturated rings.